The van der Waals surface area contributed by atoms with Gasteiger partial charge in [-0.25, -0.2) is 0 Å². The maximum Gasteiger partial charge on any atom is 0.0915 e. The maximum atomic E-state index is 2.45. The normalized spacial score (nSPS) is 12.5. The summed E-state index contributed by atoms with van der Waals surface area (Å²) >= 11 is 0. The Labute approximate surface area is 103 Å². The van der Waals surface area contributed by atoms with Crippen molar-refractivity contribution in [3.63, 3.8) is 0 Å². The number of quaternary nitrogens is 1. The predicted molar refractivity (Wildman–Crippen MR) is 74.4 cm³/mol. The molecule has 0 atom stereocenters. The van der Waals surface area contributed by atoms with Crippen LogP contribution in [0.1, 0.15) is 66.2 Å². The molecule has 0 heterocycles. The molecule has 0 saturated carbocycles. The largest absolute Gasteiger partial charge is 0.298 e. The van der Waals surface area contributed by atoms with Crippen molar-refractivity contribution in [2.24, 2.45) is 0 Å². The van der Waals surface area contributed by atoms with Crippen LogP contribution in [0.4, 0.5) is 0 Å². The van der Waals surface area contributed by atoms with Gasteiger partial charge in [0.25, 0.3) is 0 Å². The topological polar surface area (TPSA) is 0 Å². The molecular weight excluding hydrogens is 194 g/mol. The first kappa shape index (κ1) is 15.7. The van der Waals surface area contributed by atoms with Crippen molar-refractivity contribution in [2.45, 2.75) is 66.2 Å². The SMILES string of the molecule is CC=C[N+](CCCC)(CCCC)CCCC. The van der Waals surface area contributed by atoms with Gasteiger partial charge < -0.3 is 0 Å². The van der Waals surface area contributed by atoms with Gasteiger partial charge in [-0.05, 0) is 32.3 Å². The third-order valence-electron chi connectivity index (χ3n) is 3.34. The van der Waals surface area contributed by atoms with Crippen molar-refractivity contribution in [3.8, 4) is 0 Å². The monoisotopic (exact) mass is 226 g/mol. The summed E-state index contributed by atoms with van der Waals surface area (Å²) in [4.78, 5) is 0. The summed E-state index contributed by atoms with van der Waals surface area (Å²) in [7, 11) is 0. The summed E-state index contributed by atoms with van der Waals surface area (Å²) < 4.78 is 1.23. The molecule has 0 aromatic heterocycles. The third-order valence-corrected chi connectivity index (χ3v) is 3.34. The fourth-order valence-electron chi connectivity index (χ4n) is 2.29. The molecule has 0 spiro atoms. The van der Waals surface area contributed by atoms with E-state index in [4.69, 9.17) is 0 Å². The van der Waals surface area contributed by atoms with Crippen LogP contribution in [0.3, 0.4) is 0 Å². The van der Waals surface area contributed by atoms with Crippen LogP contribution < -0.4 is 0 Å². The van der Waals surface area contributed by atoms with Crippen molar-refractivity contribution in [3.05, 3.63) is 12.3 Å². The zero-order chi connectivity index (χ0) is 12.3. The highest BCUT2D eigenvalue weighted by Gasteiger charge is 2.22. The lowest BCUT2D eigenvalue weighted by atomic mass is 10.2. The van der Waals surface area contributed by atoms with E-state index >= 15 is 0 Å². The third kappa shape index (κ3) is 6.32. The number of nitrogens with zero attached hydrogens (tertiary/aromatic N) is 1. The molecule has 0 aromatic carbocycles. The van der Waals surface area contributed by atoms with Crippen LogP contribution >= 0.6 is 0 Å². The fraction of sp³-hybridized carbons (Fsp3) is 0.867. The standard InChI is InChI=1S/C15H32N/c1-5-9-13-16(12-8-4,14-10-6-2)15-11-7-3/h8,12H,5-7,9-11,13-15H2,1-4H3/q+1. The molecule has 0 fully saturated rings. The van der Waals surface area contributed by atoms with Crippen LogP contribution in [-0.2, 0) is 0 Å². The quantitative estimate of drug-likeness (QED) is 0.472. The molecule has 0 unspecified atom stereocenters. The highest BCUT2D eigenvalue weighted by Crippen LogP contribution is 2.15. The van der Waals surface area contributed by atoms with E-state index in [1.807, 2.05) is 0 Å². The molecule has 0 N–H and O–H groups in total. The minimum Gasteiger partial charge on any atom is -0.298 e. The Bertz CT molecular complexity index is 150. The van der Waals surface area contributed by atoms with Crippen LogP contribution in [0.2, 0.25) is 0 Å². The molecule has 0 aliphatic carbocycles. The molecule has 96 valence electrons. The van der Waals surface area contributed by atoms with Crippen molar-refractivity contribution < 1.29 is 4.48 Å². The minimum absolute atomic E-state index is 1.23. The van der Waals surface area contributed by atoms with Crippen molar-refractivity contribution >= 4 is 0 Å². The second kappa shape index (κ2) is 9.89. The zero-order valence-corrected chi connectivity index (χ0v) is 12.0. The van der Waals surface area contributed by atoms with Crippen LogP contribution in [0.5, 0.6) is 0 Å². The van der Waals surface area contributed by atoms with Gasteiger partial charge in [0.1, 0.15) is 0 Å². The number of rotatable bonds is 10. The van der Waals surface area contributed by atoms with E-state index in [1.54, 1.807) is 0 Å². The lowest BCUT2D eigenvalue weighted by molar-refractivity contribution is -0.880. The lowest BCUT2D eigenvalue weighted by Crippen LogP contribution is -2.45. The molecule has 0 amide bonds. The number of hydrogen-bond acceptors (Lipinski definition) is 0. The summed E-state index contributed by atoms with van der Waals surface area (Å²) in [6.45, 7) is 13.1. The van der Waals surface area contributed by atoms with E-state index in [2.05, 4.69) is 40.0 Å². The van der Waals surface area contributed by atoms with Crippen LogP contribution in [0.15, 0.2) is 12.3 Å². The Morgan fingerprint density at radius 2 is 1.12 bits per heavy atom. The fourth-order valence-corrected chi connectivity index (χ4v) is 2.29. The first-order valence-electron chi connectivity index (χ1n) is 7.24. The van der Waals surface area contributed by atoms with Crippen LogP contribution in [-0.4, -0.2) is 24.1 Å². The Morgan fingerprint density at radius 1 is 0.750 bits per heavy atom. The Morgan fingerprint density at radius 3 is 1.38 bits per heavy atom. The molecule has 1 heteroatoms. The molecule has 1 nitrogen and oxygen atoms in total. The second-order valence-electron chi connectivity index (χ2n) is 4.93. The average molecular weight is 226 g/mol. The molecule has 0 rings (SSSR count). The second-order valence-corrected chi connectivity index (χ2v) is 4.93. The van der Waals surface area contributed by atoms with Gasteiger partial charge in [-0.1, -0.05) is 40.0 Å². The van der Waals surface area contributed by atoms with E-state index in [-0.39, 0.29) is 0 Å². The molecular formula is C15H32N+. The van der Waals surface area contributed by atoms with Crippen LogP contribution in [0.25, 0.3) is 0 Å². The number of unbranched alkanes of at least 4 members (excludes halogenated alkanes) is 3. The van der Waals surface area contributed by atoms with Gasteiger partial charge in [0.2, 0.25) is 0 Å². The zero-order valence-electron chi connectivity index (χ0n) is 12.0. The van der Waals surface area contributed by atoms with Gasteiger partial charge in [-0.3, -0.25) is 4.48 Å². The maximum absolute atomic E-state index is 2.45. The van der Waals surface area contributed by atoms with Gasteiger partial charge in [0.15, 0.2) is 0 Å². The molecule has 0 aliphatic heterocycles. The van der Waals surface area contributed by atoms with E-state index in [9.17, 15) is 0 Å². The average Bonchev–Trinajstić information content (AvgIpc) is 2.31. The first-order chi connectivity index (χ1) is 7.74. The first-order valence-corrected chi connectivity index (χ1v) is 7.24. The Kier molecular flexibility index (Phi) is 9.71. The van der Waals surface area contributed by atoms with E-state index in [0.29, 0.717) is 0 Å². The Balaban J connectivity index is 4.45. The number of allylic oxidation sites excluding steroid dienone is 1. The molecule has 0 saturated heterocycles. The molecule has 16 heavy (non-hydrogen) atoms. The summed E-state index contributed by atoms with van der Waals surface area (Å²) in [5, 5.41) is 0. The molecule has 0 bridgehead atoms. The van der Waals surface area contributed by atoms with Gasteiger partial charge >= 0.3 is 0 Å². The summed E-state index contributed by atoms with van der Waals surface area (Å²) in [5.41, 5.74) is 0. The van der Waals surface area contributed by atoms with E-state index in [1.165, 1.54) is 62.6 Å². The van der Waals surface area contributed by atoms with Gasteiger partial charge in [-0.15, -0.1) is 0 Å². The van der Waals surface area contributed by atoms with Gasteiger partial charge in [0.05, 0.1) is 25.8 Å². The lowest BCUT2D eigenvalue weighted by Gasteiger charge is -2.35. The van der Waals surface area contributed by atoms with Crippen molar-refractivity contribution in [1.82, 2.24) is 0 Å². The predicted octanol–water partition coefficient (Wildman–Crippen LogP) is 4.74. The van der Waals surface area contributed by atoms with E-state index < -0.39 is 0 Å². The van der Waals surface area contributed by atoms with Gasteiger partial charge in [0, 0.05) is 0 Å². The molecule has 0 radical (unpaired) electrons. The van der Waals surface area contributed by atoms with Crippen LogP contribution in [0, 0.1) is 0 Å². The van der Waals surface area contributed by atoms with Crippen molar-refractivity contribution in [2.75, 3.05) is 19.6 Å². The van der Waals surface area contributed by atoms with E-state index in [0.717, 1.165) is 0 Å². The summed E-state index contributed by atoms with van der Waals surface area (Å²) in [6.07, 6.45) is 12.7. The summed E-state index contributed by atoms with van der Waals surface area (Å²) in [6, 6.07) is 0. The highest BCUT2D eigenvalue weighted by atomic mass is 15.3. The summed E-state index contributed by atoms with van der Waals surface area (Å²) in [5.74, 6) is 0. The minimum atomic E-state index is 1.23. The van der Waals surface area contributed by atoms with Gasteiger partial charge in [-0.2, -0.15) is 0 Å². The Hall–Kier alpha value is -0.300. The number of hydrogen-bond donors (Lipinski definition) is 0. The van der Waals surface area contributed by atoms with Crippen molar-refractivity contribution in [1.29, 1.82) is 0 Å². The highest BCUT2D eigenvalue weighted by molar-refractivity contribution is 4.69. The molecule has 0 aromatic rings. The smallest absolute Gasteiger partial charge is 0.0915 e. The molecule has 0 aliphatic rings.